The van der Waals surface area contributed by atoms with Crippen molar-refractivity contribution < 1.29 is 8.42 Å². The van der Waals surface area contributed by atoms with Gasteiger partial charge >= 0.3 is 0 Å². The SMILES string of the molecule is CCCc1nc(CS(=O)(=O)c2nccn2-c2cccc(Cl)c2)cs1. The number of hydrogen-bond donors (Lipinski definition) is 0. The van der Waals surface area contributed by atoms with E-state index in [2.05, 4.69) is 16.9 Å². The number of rotatable bonds is 6. The Labute approximate surface area is 149 Å². The van der Waals surface area contributed by atoms with Crippen LogP contribution in [0.5, 0.6) is 0 Å². The monoisotopic (exact) mass is 381 g/mol. The number of aromatic nitrogens is 3. The van der Waals surface area contributed by atoms with E-state index in [0.717, 1.165) is 17.8 Å². The number of nitrogens with zero attached hydrogens (tertiary/aromatic N) is 3. The first kappa shape index (κ1) is 17.1. The van der Waals surface area contributed by atoms with Gasteiger partial charge in [0.25, 0.3) is 0 Å². The van der Waals surface area contributed by atoms with Gasteiger partial charge in [-0.05, 0) is 31.0 Å². The molecule has 0 saturated heterocycles. The van der Waals surface area contributed by atoms with Crippen molar-refractivity contribution in [2.45, 2.75) is 30.7 Å². The van der Waals surface area contributed by atoms with Gasteiger partial charge in [-0.25, -0.2) is 18.4 Å². The van der Waals surface area contributed by atoms with Gasteiger partial charge in [-0.2, -0.15) is 0 Å². The zero-order valence-electron chi connectivity index (χ0n) is 13.0. The molecule has 0 aliphatic rings. The molecule has 0 spiro atoms. The third-order valence-corrected chi connectivity index (χ3v) is 6.10. The van der Waals surface area contributed by atoms with E-state index in [4.69, 9.17) is 11.6 Å². The molecule has 3 rings (SSSR count). The standard InChI is InChI=1S/C16H16ClN3O2S2/c1-2-4-15-19-13(10-23-15)11-24(21,22)16-18-7-8-20(16)14-6-3-5-12(17)9-14/h3,5-10H,2,4,11H2,1H3. The van der Waals surface area contributed by atoms with Gasteiger partial charge in [0, 0.05) is 28.5 Å². The highest BCUT2D eigenvalue weighted by Gasteiger charge is 2.23. The van der Waals surface area contributed by atoms with Gasteiger partial charge in [0.15, 0.2) is 0 Å². The lowest BCUT2D eigenvalue weighted by atomic mass is 10.3. The van der Waals surface area contributed by atoms with E-state index in [1.807, 2.05) is 0 Å². The Kier molecular flexibility index (Phi) is 5.03. The van der Waals surface area contributed by atoms with Gasteiger partial charge in [0.05, 0.1) is 10.7 Å². The fourth-order valence-electron chi connectivity index (χ4n) is 2.35. The molecule has 126 valence electrons. The molecule has 0 bridgehead atoms. The lowest BCUT2D eigenvalue weighted by Crippen LogP contribution is -2.12. The minimum Gasteiger partial charge on any atom is -0.291 e. The van der Waals surface area contributed by atoms with Crippen LogP contribution < -0.4 is 0 Å². The van der Waals surface area contributed by atoms with Crippen molar-refractivity contribution in [2.24, 2.45) is 0 Å². The van der Waals surface area contributed by atoms with E-state index in [-0.39, 0.29) is 10.9 Å². The number of sulfone groups is 1. The third-order valence-electron chi connectivity index (χ3n) is 3.37. The summed E-state index contributed by atoms with van der Waals surface area (Å²) in [5.74, 6) is -0.162. The van der Waals surface area contributed by atoms with Gasteiger partial charge in [-0.1, -0.05) is 24.6 Å². The molecule has 0 amide bonds. The molecule has 8 heteroatoms. The van der Waals surface area contributed by atoms with Gasteiger partial charge in [0.2, 0.25) is 15.0 Å². The summed E-state index contributed by atoms with van der Waals surface area (Å²) in [6.07, 6.45) is 4.93. The summed E-state index contributed by atoms with van der Waals surface area (Å²) in [4.78, 5) is 8.43. The van der Waals surface area contributed by atoms with Crippen LogP contribution in [0.4, 0.5) is 0 Å². The van der Waals surface area contributed by atoms with Crippen molar-refractivity contribution in [3.8, 4) is 5.69 Å². The molecule has 0 unspecified atom stereocenters. The highest BCUT2D eigenvalue weighted by molar-refractivity contribution is 7.90. The molecule has 0 radical (unpaired) electrons. The molecule has 0 N–H and O–H groups in total. The maximum Gasteiger partial charge on any atom is 0.232 e. The van der Waals surface area contributed by atoms with E-state index in [1.165, 1.54) is 22.1 Å². The van der Waals surface area contributed by atoms with Crippen LogP contribution in [0.25, 0.3) is 5.69 Å². The van der Waals surface area contributed by atoms with Crippen LogP contribution in [0.3, 0.4) is 0 Å². The summed E-state index contributed by atoms with van der Waals surface area (Å²) in [5, 5.41) is 3.29. The average Bonchev–Trinajstić information content (AvgIpc) is 3.17. The largest absolute Gasteiger partial charge is 0.291 e. The minimum atomic E-state index is -3.61. The maximum absolute atomic E-state index is 12.8. The molecule has 0 aliphatic carbocycles. The van der Waals surface area contributed by atoms with Crippen LogP contribution in [0.1, 0.15) is 24.0 Å². The summed E-state index contributed by atoms with van der Waals surface area (Å²) in [7, 11) is -3.61. The van der Waals surface area contributed by atoms with Crippen molar-refractivity contribution >= 4 is 32.8 Å². The number of benzene rings is 1. The van der Waals surface area contributed by atoms with E-state index in [1.54, 1.807) is 35.8 Å². The maximum atomic E-state index is 12.8. The van der Waals surface area contributed by atoms with E-state index in [0.29, 0.717) is 16.4 Å². The van der Waals surface area contributed by atoms with E-state index < -0.39 is 9.84 Å². The zero-order chi connectivity index (χ0) is 17.2. The molecule has 0 fully saturated rings. The van der Waals surface area contributed by atoms with Crippen molar-refractivity contribution in [2.75, 3.05) is 0 Å². The molecular formula is C16H16ClN3O2S2. The quantitative estimate of drug-likeness (QED) is 0.649. The Balaban J connectivity index is 1.92. The molecular weight excluding hydrogens is 366 g/mol. The van der Waals surface area contributed by atoms with Crippen molar-refractivity contribution in [3.63, 3.8) is 0 Å². The number of aryl methyl sites for hydroxylation is 1. The second-order valence-corrected chi connectivity index (χ2v) is 8.56. The number of imidazole rings is 1. The van der Waals surface area contributed by atoms with Crippen LogP contribution >= 0.6 is 22.9 Å². The van der Waals surface area contributed by atoms with Gasteiger partial charge in [-0.3, -0.25) is 4.57 Å². The zero-order valence-corrected chi connectivity index (χ0v) is 15.4. The highest BCUT2D eigenvalue weighted by Crippen LogP contribution is 2.22. The number of halogens is 1. The normalized spacial score (nSPS) is 11.8. The first-order valence-electron chi connectivity index (χ1n) is 7.45. The summed E-state index contributed by atoms with van der Waals surface area (Å²) in [6.45, 7) is 2.07. The van der Waals surface area contributed by atoms with E-state index >= 15 is 0 Å². The molecule has 0 atom stereocenters. The number of hydrogen-bond acceptors (Lipinski definition) is 5. The molecule has 2 heterocycles. The fourth-order valence-corrected chi connectivity index (χ4v) is 4.89. The predicted octanol–water partition coefficient (Wildman–Crippen LogP) is 3.91. The minimum absolute atomic E-state index is 0.00481. The van der Waals surface area contributed by atoms with Crippen LogP contribution in [-0.2, 0) is 22.0 Å². The van der Waals surface area contributed by atoms with Crippen LogP contribution in [0.2, 0.25) is 5.02 Å². The second-order valence-electron chi connectivity index (χ2n) is 5.30. The molecule has 5 nitrogen and oxygen atoms in total. The molecule has 3 aromatic rings. The summed E-state index contributed by atoms with van der Waals surface area (Å²) < 4.78 is 27.0. The molecule has 2 aromatic heterocycles. The summed E-state index contributed by atoms with van der Waals surface area (Å²) >= 11 is 7.49. The van der Waals surface area contributed by atoms with Crippen LogP contribution in [-0.4, -0.2) is 23.0 Å². The Morgan fingerprint density at radius 1 is 1.33 bits per heavy atom. The summed E-state index contributed by atoms with van der Waals surface area (Å²) in [6, 6.07) is 6.99. The second kappa shape index (κ2) is 7.04. The first-order chi connectivity index (χ1) is 11.5. The van der Waals surface area contributed by atoms with Crippen LogP contribution in [0.15, 0.2) is 47.2 Å². The van der Waals surface area contributed by atoms with Crippen molar-refractivity contribution in [1.29, 1.82) is 0 Å². The Bertz CT molecular complexity index is 948. The van der Waals surface area contributed by atoms with Gasteiger partial charge in [-0.15, -0.1) is 11.3 Å². The third kappa shape index (κ3) is 3.68. The van der Waals surface area contributed by atoms with E-state index in [9.17, 15) is 8.42 Å². The average molecular weight is 382 g/mol. The Morgan fingerprint density at radius 3 is 2.92 bits per heavy atom. The lowest BCUT2D eigenvalue weighted by Gasteiger charge is -2.08. The first-order valence-corrected chi connectivity index (χ1v) is 10.4. The Hall–Kier alpha value is -1.70. The smallest absolute Gasteiger partial charge is 0.232 e. The van der Waals surface area contributed by atoms with Crippen molar-refractivity contribution in [1.82, 2.24) is 14.5 Å². The van der Waals surface area contributed by atoms with Gasteiger partial charge in [0.1, 0.15) is 5.75 Å². The molecule has 1 aromatic carbocycles. The molecule has 0 aliphatic heterocycles. The molecule has 0 saturated carbocycles. The summed E-state index contributed by atoms with van der Waals surface area (Å²) in [5.41, 5.74) is 1.22. The van der Waals surface area contributed by atoms with Crippen LogP contribution in [0, 0.1) is 0 Å². The fraction of sp³-hybridized carbons (Fsp3) is 0.250. The van der Waals surface area contributed by atoms with Gasteiger partial charge < -0.3 is 0 Å². The predicted molar refractivity (Wildman–Crippen MR) is 95.6 cm³/mol. The molecule has 24 heavy (non-hydrogen) atoms. The van der Waals surface area contributed by atoms with Crippen molar-refractivity contribution in [3.05, 3.63) is 57.8 Å². The highest BCUT2D eigenvalue weighted by atomic mass is 35.5. The lowest BCUT2D eigenvalue weighted by molar-refractivity contribution is 0.583. The Morgan fingerprint density at radius 2 is 2.17 bits per heavy atom. The topological polar surface area (TPSA) is 64.8 Å². The number of thiazole rings is 1.